The van der Waals surface area contributed by atoms with Crippen LogP contribution in [0.15, 0.2) is 41.6 Å². The summed E-state index contributed by atoms with van der Waals surface area (Å²) in [6.07, 6.45) is 4.59. The van der Waals surface area contributed by atoms with Crippen LogP contribution in [-0.4, -0.2) is 34.0 Å². The smallest absolute Gasteiger partial charge is 0.342 e. The van der Waals surface area contributed by atoms with Crippen LogP contribution in [0.1, 0.15) is 28.5 Å². The number of aryl methyl sites for hydroxylation is 1. The average molecular weight is 363 g/mol. The number of ether oxygens (including phenoxy) is 1. The molecule has 0 atom stereocenters. The summed E-state index contributed by atoms with van der Waals surface area (Å²) in [4.78, 5) is 35.5. The molecule has 0 aliphatic heterocycles. The molecule has 3 aromatic rings. The number of rotatable bonds is 4. The molecule has 0 saturated carbocycles. The molecule has 27 heavy (non-hydrogen) atoms. The van der Waals surface area contributed by atoms with Gasteiger partial charge in [-0.1, -0.05) is 6.07 Å². The van der Waals surface area contributed by atoms with E-state index in [9.17, 15) is 14.9 Å². The third-order valence-electron chi connectivity index (χ3n) is 4.06. The maximum Gasteiger partial charge on any atom is 0.342 e. The Balaban J connectivity index is 2.40. The second-order valence-corrected chi connectivity index (χ2v) is 5.77. The van der Waals surface area contributed by atoms with Crippen molar-refractivity contribution in [2.75, 3.05) is 18.6 Å². The van der Waals surface area contributed by atoms with Crippen LogP contribution in [0.5, 0.6) is 0 Å². The van der Waals surface area contributed by atoms with Crippen molar-refractivity contribution in [3.05, 3.63) is 64.0 Å². The molecule has 136 valence electrons. The molecule has 0 amide bonds. The topological polar surface area (TPSA) is 101 Å². The van der Waals surface area contributed by atoms with Crippen LogP contribution in [-0.2, 0) is 4.74 Å². The first-order valence-corrected chi connectivity index (χ1v) is 8.26. The Labute approximate surface area is 155 Å². The summed E-state index contributed by atoms with van der Waals surface area (Å²) in [6.45, 7) is 3.64. The fourth-order valence-corrected chi connectivity index (χ4v) is 2.81. The molecule has 0 unspecified atom stereocenters. The fraction of sp³-hybridized carbons (Fsp3) is 0.211. The molecule has 0 bridgehead atoms. The van der Waals surface area contributed by atoms with E-state index in [0.717, 1.165) is 5.69 Å². The van der Waals surface area contributed by atoms with Gasteiger partial charge in [-0.25, -0.2) is 9.78 Å². The number of hydrogen-bond acceptors (Lipinski definition) is 7. The van der Waals surface area contributed by atoms with Gasteiger partial charge >= 0.3 is 5.97 Å². The summed E-state index contributed by atoms with van der Waals surface area (Å²) in [5.41, 5.74) is 0.636. The highest BCUT2D eigenvalue weighted by Crippen LogP contribution is 2.31. The first-order chi connectivity index (χ1) is 13.0. The van der Waals surface area contributed by atoms with E-state index in [0.29, 0.717) is 11.3 Å². The molecule has 8 heteroatoms. The Kier molecular flexibility index (Phi) is 4.86. The van der Waals surface area contributed by atoms with E-state index < -0.39 is 11.5 Å². The number of hydrogen-bond donors (Lipinski definition) is 0. The Morgan fingerprint density at radius 1 is 1.33 bits per heavy atom. The lowest BCUT2D eigenvalue weighted by Crippen LogP contribution is -2.27. The van der Waals surface area contributed by atoms with Crippen molar-refractivity contribution in [1.29, 1.82) is 5.26 Å². The van der Waals surface area contributed by atoms with Crippen molar-refractivity contribution >= 4 is 23.0 Å². The van der Waals surface area contributed by atoms with Gasteiger partial charge in [-0.15, -0.1) is 0 Å². The molecule has 3 aromatic heterocycles. The zero-order valence-corrected chi connectivity index (χ0v) is 15.1. The minimum Gasteiger partial charge on any atom is -0.462 e. The van der Waals surface area contributed by atoms with Gasteiger partial charge in [-0.05, 0) is 26.0 Å². The summed E-state index contributed by atoms with van der Waals surface area (Å²) in [6, 6.07) is 6.92. The van der Waals surface area contributed by atoms with Gasteiger partial charge in [0.25, 0.3) is 5.56 Å². The SMILES string of the molecule is CCOC(=O)c1c(N(C)c2cnc(C)cn2)c(C#N)c(=O)n2ccccc12. The number of nitriles is 1. The predicted octanol–water partition coefficient (Wildman–Crippen LogP) is 2.21. The van der Waals surface area contributed by atoms with Gasteiger partial charge in [-0.2, -0.15) is 5.26 Å². The van der Waals surface area contributed by atoms with E-state index in [4.69, 9.17) is 4.74 Å². The standard InChI is InChI=1S/C19H17N5O3/c1-4-27-19(26)16-14-7-5-6-8-24(14)18(25)13(9-20)17(16)23(3)15-11-21-12(2)10-22-15/h5-8,10-11H,4H2,1-3H3. The summed E-state index contributed by atoms with van der Waals surface area (Å²) < 4.78 is 6.46. The molecule has 0 N–H and O–H groups in total. The van der Waals surface area contributed by atoms with E-state index in [1.165, 1.54) is 21.7 Å². The molecule has 0 aliphatic carbocycles. The molecule has 3 rings (SSSR count). The number of carbonyl (C=O) groups excluding carboxylic acids is 1. The molecule has 0 aromatic carbocycles. The summed E-state index contributed by atoms with van der Waals surface area (Å²) in [5.74, 6) is -0.234. The lowest BCUT2D eigenvalue weighted by atomic mass is 10.1. The first-order valence-electron chi connectivity index (χ1n) is 8.26. The van der Waals surface area contributed by atoms with Crippen molar-refractivity contribution in [3.63, 3.8) is 0 Å². The first kappa shape index (κ1) is 18.1. The summed E-state index contributed by atoms with van der Waals surface area (Å²) >= 11 is 0. The number of aromatic nitrogens is 3. The molecule has 0 saturated heterocycles. The van der Waals surface area contributed by atoms with E-state index >= 15 is 0 Å². The largest absolute Gasteiger partial charge is 0.462 e. The minimum absolute atomic E-state index is 0.124. The Morgan fingerprint density at radius 2 is 2.11 bits per heavy atom. The van der Waals surface area contributed by atoms with Gasteiger partial charge in [0.1, 0.15) is 17.2 Å². The van der Waals surface area contributed by atoms with Gasteiger partial charge in [0.05, 0.1) is 35.9 Å². The normalized spacial score (nSPS) is 10.4. The number of esters is 1. The van der Waals surface area contributed by atoms with Crippen LogP contribution in [0.3, 0.4) is 0 Å². The van der Waals surface area contributed by atoms with Crippen LogP contribution in [0, 0.1) is 18.3 Å². The molecule has 0 radical (unpaired) electrons. The van der Waals surface area contributed by atoms with Crippen LogP contribution in [0.2, 0.25) is 0 Å². The molecule has 3 heterocycles. The zero-order chi connectivity index (χ0) is 19.6. The van der Waals surface area contributed by atoms with E-state index in [1.807, 2.05) is 6.07 Å². The van der Waals surface area contributed by atoms with E-state index in [1.54, 1.807) is 45.3 Å². The second kappa shape index (κ2) is 7.25. The second-order valence-electron chi connectivity index (χ2n) is 5.77. The van der Waals surface area contributed by atoms with Crippen molar-refractivity contribution in [2.45, 2.75) is 13.8 Å². The summed E-state index contributed by atoms with van der Waals surface area (Å²) in [7, 11) is 1.62. The Hall–Kier alpha value is -3.73. The van der Waals surface area contributed by atoms with E-state index in [2.05, 4.69) is 9.97 Å². The van der Waals surface area contributed by atoms with Crippen molar-refractivity contribution < 1.29 is 9.53 Å². The molecule has 0 aliphatic rings. The molecule has 0 spiro atoms. The third-order valence-corrected chi connectivity index (χ3v) is 4.06. The van der Waals surface area contributed by atoms with Crippen molar-refractivity contribution in [3.8, 4) is 6.07 Å². The molecular weight excluding hydrogens is 346 g/mol. The van der Waals surface area contributed by atoms with E-state index in [-0.39, 0.29) is 23.4 Å². The molecule has 8 nitrogen and oxygen atoms in total. The van der Waals surface area contributed by atoms with Crippen LogP contribution in [0.4, 0.5) is 11.5 Å². The number of pyridine rings is 2. The van der Waals surface area contributed by atoms with Gasteiger partial charge in [0.2, 0.25) is 0 Å². The van der Waals surface area contributed by atoms with Gasteiger partial charge in [0.15, 0.2) is 5.82 Å². The number of fused-ring (bicyclic) bond motifs is 1. The number of nitrogens with zero attached hydrogens (tertiary/aromatic N) is 5. The van der Waals surface area contributed by atoms with Crippen molar-refractivity contribution in [1.82, 2.24) is 14.4 Å². The highest BCUT2D eigenvalue weighted by molar-refractivity contribution is 6.04. The Bertz CT molecular complexity index is 1110. The number of carbonyl (C=O) groups is 1. The summed E-state index contributed by atoms with van der Waals surface area (Å²) in [5, 5.41) is 9.66. The Morgan fingerprint density at radius 3 is 2.74 bits per heavy atom. The highest BCUT2D eigenvalue weighted by Gasteiger charge is 2.27. The third kappa shape index (κ3) is 3.11. The van der Waals surface area contributed by atoms with Crippen LogP contribution in [0.25, 0.3) is 5.52 Å². The quantitative estimate of drug-likeness (QED) is 0.655. The maximum atomic E-state index is 12.8. The van der Waals surface area contributed by atoms with Gasteiger partial charge in [-0.3, -0.25) is 14.2 Å². The monoisotopic (exact) mass is 363 g/mol. The predicted molar refractivity (Wildman–Crippen MR) is 99.2 cm³/mol. The van der Waals surface area contributed by atoms with Gasteiger partial charge in [0, 0.05) is 13.2 Å². The van der Waals surface area contributed by atoms with Crippen molar-refractivity contribution in [2.24, 2.45) is 0 Å². The lowest BCUT2D eigenvalue weighted by molar-refractivity contribution is 0.0529. The zero-order valence-electron chi connectivity index (χ0n) is 15.1. The maximum absolute atomic E-state index is 12.8. The molecular formula is C19H17N5O3. The van der Waals surface area contributed by atoms with Crippen LogP contribution < -0.4 is 10.5 Å². The number of anilines is 2. The highest BCUT2D eigenvalue weighted by atomic mass is 16.5. The fourth-order valence-electron chi connectivity index (χ4n) is 2.81. The minimum atomic E-state index is -0.625. The van der Waals surface area contributed by atoms with Gasteiger partial charge < -0.3 is 9.64 Å². The lowest BCUT2D eigenvalue weighted by Gasteiger charge is -2.23. The average Bonchev–Trinajstić information content (AvgIpc) is 2.68. The van der Waals surface area contributed by atoms with Crippen LogP contribution >= 0.6 is 0 Å². The molecule has 0 fully saturated rings.